The van der Waals surface area contributed by atoms with Crippen LogP contribution in [0.4, 0.5) is 0 Å². The van der Waals surface area contributed by atoms with E-state index < -0.39 is 0 Å². The third-order valence-electron chi connectivity index (χ3n) is 1.90. The summed E-state index contributed by atoms with van der Waals surface area (Å²) >= 11 is 0. The van der Waals surface area contributed by atoms with E-state index in [4.69, 9.17) is 4.74 Å². The zero-order chi connectivity index (χ0) is 9.23. The second kappa shape index (κ2) is 8.79. The highest BCUT2D eigenvalue weighted by Crippen LogP contribution is 2.04. The van der Waals surface area contributed by atoms with Gasteiger partial charge >= 0.3 is 0 Å². The van der Waals surface area contributed by atoms with E-state index in [1.807, 2.05) is 0 Å². The first-order valence-corrected chi connectivity index (χ1v) is 5.04. The lowest BCUT2D eigenvalue weighted by Crippen LogP contribution is -2.01. The molecule has 1 aliphatic heterocycles. The molecule has 0 saturated carbocycles. The van der Waals surface area contributed by atoms with Gasteiger partial charge in [-0.2, -0.15) is 0 Å². The quantitative estimate of drug-likeness (QED) is 0.576. The Balaban J connectivity index is 0.000000217. The van der Waals surface area contributed by atoms with Gasteiger partial charge in [0.25, 0.3) is 0 Å². The van der Waals surface area contributed by atoms with Crippen LogP contribution in [0.5, 0.6) is 0 Å². The molecule has 0 spiro atoms. The van der Waals surface area contributed by atoms with E-state index in [1.165, 1.54) is 24.8 Å². The second-order valence-electron chi connectivity index (χ2n) is 3.23. The summed E-state index contributed by atoms with van der Waals surface area (Å²) in [6, 6.07) is 0. The summed E-state index contributed by atoms with van der Waals surface area (Å²) in [5.74, 6) is 0. The molecule has 1 heteroatoms. The Morgan fingerprint density at radius 2 is 2.00 bits per heavy atom. The summed E-state index contributed by atoms with van der Waals surface area (Å²) in [6.45, 7) is 8.31. The largest absolute Gasteiger partial charge is 0.377 e. The predicted molar refractivity (Wildman–Crippen MR) is 54.4 cm³/mol. The molecular weight excluding hydrogens is 148 g/mol. The fourth-order valence-electron chi connectivity index (χ4n) is 0.973. The molecule has 0 aliphatic carbocycles. The van der Waals surface area contributed by atoms with Crippen LogP contribution in [-0.4, -0.2) is 13.2 Å². The van der Waals surface area contributed by atoms with Crippen molar-refractivity contribution in [2.45, 2.75) is 46.5 Å². The first-order valence-electron chi connectivity index (χ1n) is 5.04. The van der Waals surface area contributed by atoms with E-state index in [0.29, 0.717) is 0 Å². The second-order valence-corrected chi connectivity index (χ2v) is 3.23. The van der Waals surface area contributed by atoms with Gasteiger partial charge in [0.15, 0.2) is 0 Å². The molecule has 0 unspecified atom stereocenters. The maximum atomic E-state index is 5.06. The standard InChI is InChI=1S/C6H10O.C5H12/c1-6-2-4-7-5-3-6;1-3-5-4-2/h2H,3-5H2,1H3;3-5H2,1-2H3. The molecule has 1 heterocycles. The van der Waals surface area contributed by atoms with Gasteiger partial charge in [0.1, 0.15) is 0 Å². The number of hydrogen-bond donors (Lipinski definition) is 0. The minimum absolute atomic E-state index is 0.825. The van der Waals surface area contributed by atoms with Gasteiger partial charge in [0, 0.05) is 0 Å². The molecule has 1 rings (SSSR count). The third kappa shape index (κ3) is 7.80. The van der Waals surface area contributed by atoms with Crippen LogP contribution in [0.25, 0.3) is 0 Å². The van der Waals surface area contributed by atoms with Crippen LogP contribution >= 0.6 is 0 Å². The molecule has 0 saturated heterocycles. The van der Waals surface area contributed by atoms with Crippen molar-refractivity contribution in [2.24, 2.45) is 0 Å². The Kier molecular flexibility index (Phi) is 8.57. The van der Waals surface area contributed by atoms with Gasteiger partial charge in [-0.25, -0.2) is 0 Å². The predicted octanol–water partition coefficient (Wildman–Crippen LogP) is 3.55. The Bertz CT molecular complexity index is 114. The molecule has 0 radical (unpaired) electrons. The van der Waals surface area contributed by atoms with Gasteiger partial charge in [-0.15, -0.1) is 0 Å². The van der Waals surface area contributed by atoms with Crippen molar-refractivity contribution in [1.29, 1.82) is 0 Å². The van der Waals surface area contributed by atoms with Crippen LogP contribution in [0, 0.1) is 0 Å². The van der Waals surface area contributed by atoms with Crippen LogP contribution in [0.2, 0.25) is 0 Å². The normalized spacial score (nSPS) is 16.1. The minimum atomic E-state index is 0.825. The van der Waals surface area contributed by atoms with Crippen molar-refractivity contribution < 1.29 is 4.74 Å². The van der Waals surface area contributed by atoms with E-state index in [1.54, 1.807) is 0 Å². The molecule has 12 heavy (non-hydrogen) atoms. The van der Waals surface area contributed by atoms with Crippen LogP contribution in [-0.2, 0) is 4.74 Å². The van der Waals surface area contributed by atoms with E-state index in [9.17, 15) is 0 Å². The molecule has 0 N–H and O–H groups in total. The number of ether oxygens (including phenoxy) is 1. The van der Waals surface area contributed by atoms with Gasteiger partial charge in [-0.05, 0) is 13.3 Å². The molecular formula is C11H22O. The van der Waals surface area contributed by atoms with Gasteiger partial charge < -0.3 is 4.74 Å². The van der Waals surface area contributed by atoms with Crippen molar-refractivity contribution in [1.82, 2.24) is 0 Å². The number of unbranched alkanes of at least 4 members (excludes halogenated alkanes) is 2. The smallest absolute Gasteiger partial charge is 0.0650 e. The molecule has 72 valence electrons. The zero-order valence-corrected chi connectivity index (χ0v) is 8.73. The summed E-state index contributed by atoms with van der Waals surface area (Å²) < 4.78 is 5.06. The van der Waals surface area contributed by atoms with Gasteiger partial charge in [-0.3, -0.25) is 0 Å². The van der Waals surface area contributed by atoms with Crippen LogP contribution in [0.15, 0.2) is 11.6 Å². The highest BCUT2D eigenvalue weighted by atomic mass is 16.5. The molecule has 0 aromatic rings. The number of rotatable bonds is 2. The highest BCUT2D eigenvalue weighted by molar-refractivity contribution is 4.99. The van der Waals surface area contributed by atoms with E-state index >= 15 is 0 Å². The SMILES string of the molecule is CC1=CCOCC1.CCCCC. The molecule has 0 atom stereocenters. The molecule has 0 bridgehead atoms. The van der Waals surface area contributed by atoms with Crippen LogP contribution in [0.3, 0.4) is 0 Å². The average Bonchev–Trinajstić information content (AvgIpc) is 2.08. The summed E-state index contributed by atoms with van der Waals surface area (Å²) in [4.78, 5) is 0. The molecule has 1 nitrogen and oxygen atoms in total. The Morgan fingerprint density at radius 3 is 2.17 bits per heavy atom. The fraction of sp³-hybridized carbons (Fsp3) is 0.818. The fourth-order valence-corrected chi connectivity index (χ4v) is 0.973. The summed E-state index contributed by atoms with van der Waals surface area (Å²) in [6.07, 6.45) is 7.33. The Morgan fingerprint density at radius 1 is 1.33 bits per heavy atom. The first kappa shape index (κ1) is 11.7. The van der Waals surface area contributed by atoms with Gasteiger partial charge in [0.2, 0.25) is 0 Å². The molecule has 0 aromatic carbocycles. The molecule has 0 aromatic heterocycles. The summed E-state index contributed by atoms with van der Waals surface area (Å²) in [5, 5.41) is 0. The van der Waals surface area contributed by atoms with Crippen molar-refractivity contribution in [2.75, 3.05) is 13.2 Å². The van der Waals surface area contributed by atoms with Crippen molar-refractivity contribution in [3.05, 3.63) is 11.6 Å². The monoisotopic (exact) mass is 170 g/mol. The van der Waals surface area contributed by atoms with Gasteiger partial charge in [0.05, 0.1) is 13.2 Å². The van der Waals surface area contributed by atoms with E-state index in [0.717, 1.165) is 19.6 Å². The maximum absolute atomic E-state index is 5.06. The molecule has 0 fully saturated rings. The number of hydrogen-bond acceptors (Lipinski definition) is 1. The maximum Gasteiger partial charge on any atom is 0.0650 e. The zero-order valence-electron chi connectivity index (χ0n) is 8.73. The van der Waals surface area contributed by atoms with Crippen molar-refractivity contribution >= 4 is 0 Å². The van der Waals surface area contributed by atoms with E-state index in [-0.39, 0.29) is 0 Å². The first-order chi connectivity index (χ1) is 5.81. The van der Waals surface area contributed by atoms with Crippen LogP contribution < -0.4 is 0 Å². The highest BCUT2D eigenvalue weighted by Gasteiger charge is 1.94. The van der Waals surface area contributed by atoms with Crippen molar-refractivity contribution in [3.63, 3.8) is 0 Å². The van der Waals surface area contributed by atoms with Crippen LogP contribution in [0.1, 0.15) is 46.5 Å². The molecule has 0 amide bonds. The van der Waals surface area contributed by atoms with Gasteiger partial charge in [-0.1, -0.05) is 44.8 Å². The minimum Gasteiger partial charge on any atom is -0.377 e. The van der Waals surface area contributed by atoms with E-state index in [2.05, 4.69) is 26.8 Å². The third-order valence-corrected chi connectivity index (χ3v) is 1.90. The lowest BCUT2D eigenvalue weighted by Gasteiger charge is -2.07. The molecule has 1 aliphatic rings. The summed E-state index contributed by atoms with van der Waals surface area (Å²) in [7, 11) is 0. The topological polar surface area (TPSA) is 9.23 Å². The lowest BCUT2D eigenvalue weighted by atomic mass is 10.2. The lowest BCUT2D eigenvalue weighted by molar-refractivity contribution is 0.154. The Hall–Kier alpha value is -0.300. The van der Waals surface area contributed by atoms with Crippen molar-refractivity contribution in [3.8, 4) is 0 Å². The average molecular weight is 170 g/mol. The summed E-state index contributed by atoms with van der Waals surface area (Å²) in [5.41, 5.74) is 1.46. The Labute approximate surface area is 76.8 Å².